The third kappa shape index (κ3) is 4.72. The van der Waals surface area contributed by atoms with E-state index in [9.17, 15) is 14.7 Å². The summed E-state index contributed by atoms with van der Waals surface area (Å²) in [6.07, 6.45) is 17.1. The van der Waals surface area contributed by atoms with Crippen molar-refractivity contribution in [1.29, 1.82) is 0 Å². The van der Waals surface area contributed by atoms with Gasteiger partial charge in [0.2, 0.25) is 5.91 Å². The van der Waals surface area contributed by atoms with Crippen molar-refractivity contribution in [1.82, 2.24) is 9.88 Å². The molecule has 0 spiro atoms. The van der Waals surface area contributed by atoms with Crippen LogP contribution in [0.2, 0.25) is 0 Å². The lowest BCUT2D eigenvalue weighted by molar-refractivity contribution is -0.184. The fraction of sp³-hybridized carbons (Fsp3) is 0.634. The molecule has 4 unspecified atom stereocenters. The number of hydrogen-bond donors (Lipinski definition) is 1. The molecular formula is C41H54N2O3. The molecule has 5 aliphatic rings. The van der Waals surface area contributed by atoms with Gasteiger partial charge in [0.05, 0.1) is 11.0 Å². The molecular weight excluding hydrogens is 568 g/mol. The molecule has 5 aliphatic carbocycles. The van der Waals surface area contributed by atoms with Gasteiger partial charge in [-0.2, -0.15) is 0 Å². The molecule has 4 saturated carbocycles. The minimum absolute atomic E-state index is 0.0232. The van der Waals surface area contributed by atoms with E-state index in [1.807, 2.05) is 37.5 Å². The normalized spacial score (nSPS) is 37.6. The van der Waals surface area contributed by atoms with E-state index in [-0.39, 0.29) is 16.2 Å². The lowest BCUT2D eigenvalue weighted by Crippen LogP contribution is -2.62. The molecule has 5 nitrogen and oxygen atoms in total. The molecule has 8 atom stereocenters. The van der Waals surface area contributed by atoms with Crippen LogP contribution in [0.15, 0.2) is 54.7 Å². The monoisotopic (exact) mass is 622 g/mol. The first kappa shape index (κ1) is 31.6. The summed E-state index contributed by atoms with van der Waals surface area (Å²) in [7, 11) is 2.04. The molecule has 7 rings (SSSR count). The number of benzene rings is 1. The molecule has 1 amide bonds. The number of likely N-dealkylation sites (N-methyl/N-ethyl adjacent to an activating group) is 1. The number of amides is 1. The van der Waals surface area contributed by atoms with Crippen molar-refractivity contribution in [2.24, 2.45) is 51.2 Å². The van der Waals surface area contributed by atoms with Crippen molar-refractivity contribution >= 4 is 17.4 Å². The second-order valence-corrected chi connectivity index (χ2v) is 16.9. The molecule has 5 heteroatoms. The summed E-state index contributed by atoms with van der Waals surface area (Å²) >= 11 is 0. The molecule has 0 radical (unpaired) electrons. The van der Waals surface area contributed by atoms with Gasteiger partial charge in [0.25, 0.3) is 0 Å². The Balaban J connectivity index is 1.11. The van der Waals surface area contributed by atoms with Crippen molar-refractivity contribution < 1.29 is 14.7 Å². The minimum atomic E-state index is -0.868. The van der Waals surface area contributed by atoms with E-state index in [0.717, 1.165) is 37.9 Å². The van der Waals surface area contributed by atoms with Crippen LogP contribution in [0.4, 0.5) is 0 Å². The summed E-state index contributed by atoms with van der Waals surface area (Å²) in [5, 5.41) is 9.43. The van der Waals surface area contributed by atoms with Crippen LogP contribution in [0.25, 0.3) is 5.57 Å². The molecule has 1 aromatic heterocycles. The first-order chi connectivity index (χ1) is 21.9. The predicted molar refractivity (Wildman–Crippen MR) is 183 cm³/mol. The molecule has 0 saturated heterocycles. The van der Waals surface area contributed by atoms with E-state index in [1.54, 1.807) is 12.1 Å². The van der Waals surface area contributed by atoms with Crippen molar-refractivity contribution in [3.8, 4) is 0 Å². The van der Waals surface area contributed by atoms with Gasteiger partial charge >= 0.3 is 5.97 Å². The smallest absolute Gasteiger partial charge is 0.335 e. The summed E-state index contributed by atoms with van der Waals surface area (Å²) in [4.78, 5) is 32.4. The average Bonchev–Trinajstić information content (AvgIpc) is 3.49. The number of carboxylic acid groups (broad SMARTS) is 1. The number of pyridine rings is 1. The Kier molecular flexibility index (Phi) is 7.80. The minimum Gasteiger partial charge on any atom is -0.478 e. The van der Waals surface area contributed by atoms with E-state index in [1.165, 1.54) is 56.1 Å². The van der Waals surface area contributed by atoms with Crippen molar-refractivity contribution in [3.05, 3.63) is 71.6 Å². The van der Waals surface area contributed by atoms with Crippen LogP contribution in [-0.4, -0.2) is 40.5 Å². The molecule has 4 fully saturated rings. The number of nitrogens with zero attached hydrogens (tertiary/aromatic N) is 2. The number of fused-ring (bicyclic) bond motifs is 7. The van der Waals surface area contributed by atoms with Gasteiger partial charge in [0.15, 0.2) is 0 Å². The Hall–Kier alpha value is -2.95. The van der Waals surface area contributed by atoms with Gasteiger partial charge in [0, 0.05) is 31.9 Å². The number of aromatic nitrogens is 1. The Morgan fingerprint density at radius 3 is 2.37 bits per heavy atom. The SMILES string of the molecule is CN(CCc1ccccn1)C(=O)[C@]12CCCC1[C@H]1CCC3[C@@](C)(CCC4C(C)(C)C(c5ccc(C(=O)O)cc5)=CC[C@@]43C)C1CC2. The number of hydrogen-bond acceptors (Lipinski definition) is 3. The topological polar surface area (TPSA) is 70.5 Å². The van der Waals surface area contributed by atoms with Gasteiger partial charge in [-0.05, 0) is 139 Å². The number of aromatic carboxylic acids is 1. The zero-order valence-corrected chi connectivity index (χ0v) is 28.7. The highest BCUT2D eigenvalue weighted by molar-refractivity contribution is 5.88. The second kappa shape index (κ2) is 11.3. The van der Waals surface area contributed by atoms with Gasteiger partial charge in [-0.25, -0.2) is 4.79 Å². The van der Waals surface area contributed by atoms with E-state index in [0.29, 0.717) is 46.5 Å². The van der Waals surface area contributed by atoms with Gasteiger partial charge in [-0.1, -0.05) is 58.4 Å². The molecule has 1 heterocycles. The molecule has 46 heavy (non-hydrogen) atoms. The summed E-state index contributed by atoms with van der Waals surface area (Å²) in [6.45, 7) is 10.9. The Bertz CT molecular complexity index is 1510. The number of rotatable bonds is 6. The number of carbonyl (C=O) groups excluding carboxylic acids is 1. The highest BCUT2D eigenvalue weighted by Crippen LogP contribution is 2.73. The van der Waals surface area contributed by atoms with Gasteiger partial charge in [-0.15, -0.1) is 0 Å². The van der Waals surface area contributed by atoms with Crippen molar-refractivity contribution in [2.45, 2.75) is 98.3 Å². The maximum atomic E-state index is 14.3. The van der Waals surface area contributed by atoms with Crippen LogP contribution in [0.5, 0.6) is 0 Å². The summed E-state index contributed by atoms with van der Waals surface area (Å²) in [5.41, 5.74) is 4.41. The molecule has 1 N–H and O–H groups in total. The molecule has 0 aliphatic heterocycles. The molecule has 0 bridgehead atoms. The number of allylic oxidation sites excluding steroid dienone is 2. The first-order valence-electron chi connectivity index (χ1n) is 18.1. The molecule has 1 aromatic carbocycles. The maximum Gasteiger partial charge on any atom is 0.335 e. The van der Waals surface area contributed by atoms with Crippen LogP contribution in [0.1, 0.15) is 114 Å². The zero-order chi connectivity index (χ0) is 32.5. The van der Waals surface area contributed by atoms with Crippen LogP contribution in [-0.2, 0) is 11.2 Å². The van der Waals surface area contributed by atoms with Crippen LogP contribution in [0.3, 0.4) is 0 Å². The largest absolute Gasteiger partial charge is 0.478 e. The lowest BCUT2D eigenvalue weighted by atomic mass is 9.36. The van der Waals surface area contributed by atoms with E-state index in [2.05, 4.69) is 49.7 Å². The highest BCUT2D eigenvalue weighted by atomic mass is 16.4. The average molecular weight is 623 g/mol. The Labute approximate surface area is 276 Å². The third-order valence-corrected chi connectivity index (χ3v) is 14.7. The van der Waals surface area contributed by atoms with Crippen LogP contribution < -0.4 is 0 Å². The van der Waals surface area contributed by atoms with Crippen molar-refractivity contribution in [2.75, 3.05) is 13.6 Å². The van der Waals surface area contributed by atoms with E-state index >= 15 is 0 Å². The fourth-order valence-corrected chi connectivity index (χ4v) is 12.8. The number of carboxylic acids is 1. The third-order valence-electron chi connectivity index (χ3n) is 14.7. The van der Waals surface area contributed by atoms with Gasteiger partial charge < -0.3 is 10.0 Å². The summed E-state index contributed by atoms with van der Waals surface area (Å²) in [6, 6.07) is 13.6. The quantitative estimate of drug-likeness (QED) is 0.349. The van der Waals surface area contributed by atoms with Crippen molar-refractivity contribution in [3.63, 3.8) is 0 Å². The second-order valence-electron chi connectivity index (χ2n) is 16.9. The van der Waals surface area contributed by atoms with Crippen LogP contribution in [0, 0.1) is 51.2 Å². The predicted octanol–water partition coefficient (Wildman–Crippen LogP) is 8.94. The van der Waals surface area contributed by atoms with E-state index < -0.39 is 5.97 Å². The van der Waals surface area contributed by atoms with Crippen LogP contribution >= 0.6 is 0 Å². The standard InChI is InChI=1S/C41H54N2O3/c1-38(2)31(27-11-13-28(14-12-27)36(44)45)17-22-40(4)34(38)19-23-39(3)32-18-24-41(21-8-10-33(41)30(32)15-16-35(39)40)37(46)43(5)26-20-29-9-6-7-25-42-29/h6-7,9,11-14,17,25,30,32-35H,8,10,15-16,18-24,26H2,1-5H3,(H,44,45)/t30-,32?,33?,34?,35?,39-,40-,41-/m0/s1. The lowest BCUT2D eigenvalue weighted by Gasteiger charge is -2.68. The maximum absolute atomic E-state index is 14.3. The molecule has 2 aromatic rings. The fourth-order valence-electron chi connectivity index (χ4n) is 12.8. The first-order valence-corrected chi connectivity index (χ1v) is 18.1. The number of carbonyl (C=O) groups is 2. The van der Waals surface area contributed by atoms with Gasteiger partial charge in [-0.3, -0.25) is 9.78 Å². The summed E-state index contributed by atoms with van der Waals surface area (Å²) < 4.78 is 0. The zero-order valence-electron chi connectivity index (χ0n) is 28.7. The Morgan fingerprint density at radius 1 is 0.870 bits per heavy atom. The van der Waals surface area contributed by atoms with Gasteiger partial charge in [0.1, 0.15) is 0 Å². The summed E-state index contributed by atoms with van der Waals surface area (Å²) in [5.74, 6) is 2.74. The van der Waals surface area contributed by atoms with E-state index in [4.69, 9.17) is 0 Å². The Morgan fingerprint density at radius 2 is 1.65 bits per heavy atom. The molecule has 246 valence electrons. The highest BCUT2D eigenvalue weighted by Gasteiger charge is 2.66.